The zero-order chi connectivity index (χ0) is 23.4. The number of likely N-dealkylation sites (tertiary alicyclic amines) is 1. The van der Waals surface area contributed by atoms with Crippen molar-refractivity contribution in [2.24, 2.45) is 16.7 Å². The SMILES string of the molecule is CC12C=CCC=CC1CCC21CCN(CCCCNC(=S)Nc2cccc3ccccc23)CC1. The highest BCUT2D eigenvalue weighted by Gasteiger charge is 2.55. The number of fused-ring (bicyclic) bond motifs is 3. The number of unbranched alkanes of at least 4 members (excludes halogenated alkanes) is 1. The molecular formula is C30H39N3S. The number of thiocarbonyl (C=S) groups is 1. The van der Waals surface area contributed by atoms with Gasteiger partial charge in [0.05, 0.1) is 0 Å². The first-order chi connectivity index (χ1) is 16.6. The van der Waals surface area contributed by atoms with Gasteiger partial charge in [-0.15, -0.1) is 0 Å². The summed E-state index contributed by atoms with van der Waals surface area (Å²) in [5.74, 6) is 0.746. The fourth-order valence-corrected chi connectivity index (χ4v) is 6.99. The molecule has 4 heteroatoms. The molecule has 3 aliphatic rings. The predicted molar refractivity (Wildman–Crippen MR) is 149 cm³/mol. The molecule has 1 saturated heterocycles. The maximum Gasteiger partial charge on any atom is 0.170 e. The van der Waals surface area contributed by atoms with Gasteiger partial charge in [0, 0.05) is 17.6 Å². The molecule has 0 aromatic heterocycles. The fourth-order valence-electron chi connectivity index (χ4n) is 6.78. The molecule has 1 saturated carbocycles. The van der Waals surface area contributed by atoms with Crippen LogP contribution in [0.3, 0.4) is 0 Å². The average Bonchev–Trinajstić information content (AvgIpc) is 2.98. The molecule has 2 aromatic carbocycles. The molecule has 180 valence electrons. The lowest BCUT2D eigenvalue weighted by Gasteiger charge is -2.49. The highest BCUT2D eigenvalue weighted by molar-refractivity contribution is 7.80. The molecule has 2 N–H and O–H groups in total. The zero-order valence-corrected chi connectivity index (χ0v) is 21.4. The summed E-state index contributed by atoms with van der Waals surface area (Å²) in [5, 5.41) is 9.93. The van der Waals surface area contributed by atoms with Gasteiger partial charge in [0.15, 0.2) is 5.11 Å². The molecule has 0 radical (unpaired) electrons. The maximum absolute atomic E-state index is 5.56. The Labute approximate surface area is 210 Å². The Morgan fingerprint density at radius 3 is 2.74 bits per heavy atom. The molecule has 1 spiro atoms. The lowest BCUT2D eigenvalue weighted by molar-refractivity contribution is 0.0278. The van der Waals surface area contributed by atoms with E-state index in [1.807, 2.05) is 0 Å². The minimum Gasteiger partial charge on any atom is -0.362 e. The van der Waals surface area contributed by atoms with E-state index in [9.17, 15) is 0 Å². The van der Waals surface area contributed by atoms with Crippen molar-refractivity contribution in [3.8, 4) is 0 Å². The standard InChI is InChI=1S/C30H39N3S/c1-29-16-6-2-3-12-25(29)15-17-30(29)18-22-33(23-19-30)21-8-7-20-31-28(34)32-27-14-9-11-24-10-4-5-13-26(24)27/h3-6,9-14,16,25H,2,7-8,15,17-23H2,1H3,(H2,31,32,34). The van der Waals surface area contributed by atoms with Crippen LogP contribution in [-0.4, -0.2) is 36.2 Å². The van der Waals surface area contributed by atoms with Gasteiger partial charge < -0.3 is 15.5 Å². The van der Waals surface area contributed by atoms with Gasteiger partial charge in [-0.1, -0.05) is 67.6 Å². The van der Waals surface area contributed by atoms with Crippen molar-refractivity contribution in [3.63, 3.8) is 0 Å². The van der Waals surface area contributed by atoms with E-state index in [4.69, 9.17) is 12.2 Å². The number of piperidine rings is 1. The highest BCUT2D eigenvalue weighted by Crippen LogP contribution is 2.62. The van der Waals surface area contributed by atoms with Gasteiger partial charge in [-0.25, -0.2) is 0 Å². The van der Waals surface area contributed by atoms with Crippen LogP contribution in [-0.2, 0) is 0 Å². The van der Waals surface area contributed by atoms with Crippen molar-refractivity contribution >= 4 is 33.8 Å². The van der Waals surface area contributed by atoms with Crippen molar-refractivity contribution in [2.45, 2.75) is 51.9 Å². The first-order valence-electron chi connectivity index (χ1n) is 13.2. The number of nitrogens with zero attached hydrogens (tertiary/aromatic N) is 1. The molecule has 2 atom stereocenters. The number of benzene rings is 2. The van der Waals surface area contributed by atoms with Crippen LogP contribution >= 0.6 is 12.2 Å². The summed E-state index contributed by atoms with van der Waals surface area (Å²) in [4.78, 5) is 2.70. The van der Waals surface area contributed by atoms with E-state index in [1.54, 1.807) is 0 Å². The molecule has 2 unspecified atom stereocenters. The van der Waals surface area contributed by atoms with Crippen LogP contribution in [0.15, 0.2) is 66.8 Å². The monoisotopic (exact) mass is 473 g/mol. The first kappa shape index (κ1) is 23.6. The van der Waals surface area contributed by atoms with E-state index < -0.39 is 0 Å². The number of rotatable bonds is 6. The minimum atomic E-state index is 0.364. The Balaban J connectivity index is 1.03. The Kier molecular flexibility index (Phi) is 7.08. The third-order valence-electron chi connectivity index (χ3n) is 8.99. The van der Waals surface area contributed by atoms with E-state index in [0.29, 0.717) is 15.9 Å². The largest absolute Gasteiger partial charge is 0.362 e. The van der Waals surface area contributed by atoms with Gasteiger partial charge in [-0.05, 0) is 105 Å². The third-order valence-corrected chi connectivity index (χ3v) is 9.24. The average molecular weight is 474 g/mol. The van der Waals surface area contributed by atoms with Crippen LogP contribution in [0.4, 0.5) is 5.69 Å². The maximum atomic E-state index is 5.56. The van der Waals surface area contributed by atoms with E-state index in [1.165, 1.54) is 62.5 Å². The van der Waals surface area contributed by atoms with Crippen molar-refractivity contribution in [1.82, 2.24) is 10.2 Å². The van der Waals surface area contributed by atoms with Gasteiger partial charge in [0.2, 0.25) is 0 Å². The third kappa shape index (κ3) is 4.67. The quantitative estimate of drug-likeness (QED) is 0.270. The van der Waals surface area contributed by atoms with Gasteiger partial charge in [-0.3, -0.25) is 0 Å². The van der Waals surface area contributed by atoms with Crippen LogP contribution in [0.2, 0.25) is 0 Å². The molecule has 34 heavy (non-hydrogen) atoms. The van der Waals surface area contributed by atoms with Crippen LogP contribution in [0.1, 0.15) is 51.9 Å². The minimum absolute atomic E-state index is 0.364. The van der Waals surface area contributed by atoms with E-state index in [0.717, 1.165) is 31.0 Å². The smallest absolute Gasteiger partial charge is 0.170 e. The van der Waals surface area contributed by atoms with E-state index in [-0.39, 0.29) is 0 Å². The molecule has 0 amide bonds. The second-order valence-electron chi connectivity index (χ2n) is 10.7. The first-order valence-corrected chi connectivity index (χ1v) is 13.6. The Hall–Kier alpha value is -2.17. The highest BCUT2D eigenvalue weighted by atomic mass is 32.1. The van der Waals surface area contributed by atoms with Gasteiger partial charge in [0.1, 0.15) is 0 Å². The summed E-state index contributed by atoms with van der Waals surface area (Å²) in [6, 6.07) is 14.7. The van der Waals surface area contributed by atoms with Crippen LogP contribution < -0.4 is 10.6 Å². The summed E-state index contributed by atoms with van der Waals surface area (Å²) in [7, 11) is 0. The lowest BCUT2D eigenvalue weighted by atomic mass is 9.59. The molecule has 2 fully saturated rings. The van der Waals surface area contributed by atoms with E-state index in [2.05, 4.69) is 89.2 Å². The number of nitrogens with one attached hydrogen (secondary N) is 2. The van der Waals surface area contributed by atoms with Crippen molar-refractivity contribution < 1.29 is 0 Å². The Morgan fingerprint density at radius 1 is 1.03 bits per heavy atom. The zero-order valence-electron chi connectivity index (χ0n) is 20.6. The van der Waals surface area contributed by atoms with Crippen LogP contribution in [0.5, 0.6) is 0 Å². The summed E-state index contributed by atoms with van der Waals surface area (Å²) in [5.41, 5.74) is 1.95. The normalized spacial score (nSPS) is 25.9. The molecule has 0 bridgehead atoms. The molecule has 1 heterocycles. The molecule has 2 aromatic rings. The Morgan fingerprint density at radius 2 is 1.85 bits per heavy atom. The van der Waals surface area contributed by atoms with Crippen molar-refractivity contribution in [2.75, 3.05) is 31.5 Å². The second-order valence-corrected chi connectivity index (χ2v) is 11.1. The van der Waals surface area contributed by atoms with E-state index >= 15 is 0 Å². The van der Waals surface area contributed by atoms with Crippen molar-refractivity contribution in [1.29, 1.82) is 0 Å². The topological polar surface area (TPSA) is 27.3 Å². The molecule has 5 rings (SSSR count). The Bertz CT molecular complexity index is 1060. The van der Waals surface area contributed by atoms with Gasteiger partial charge in [-0.2, -0.15) is 0 Å². The summed E-state index contributed by atoms with van der Waals surface area (Å²) in [6.45, 7) is 7.19. The van der Waals surface area contributed by atoms with Gasteiger partial charge >= 0.3 is 0 Å². The lowest BCUT2D eigenvalue weighted by Crippen LogP contribution is -2.47. The molecular weight excluding hydrogens is 434 g/mol. The second kappa shape index (κ2) is 10.2. The summed E-state index contributed by atoms with van der Waals surface area (Å²) in [6.07, 6.45) is 18.9. The van der Waals surface area contributed by atoms with Crippen LogP contribution in [0, 0.1) is 16.7 Å². The molecule has 2 aliphatic carbocycles. The van der Waals surface area contributed by atoms with Gasteiger partial charge in [0.25, 0.3) is 0 Å². The molecule has 1 aliphatic heterocycles. The number of hydrogen-bond acceptors (Lipinski definition) is 2. The number of hydrogen-bond donors (Lipinski definition) is 2. The molecule has 3 nitrogen and oxygen atoms in total. The number of anilines is 1. The number of allylic oxidation sites excluding steroid dienone is 4. The summed E-state index contributed by atoms with van der Waals surface area (Å²) >= 11 is 5.56. The summed E-state index contributed by atoms with van der Waals surface area (Å²) < 4.78 is 0. The fraction of sp³-hybridized carbons (Fsp3) is 0.500. The van der Waals surface area contributed by atoms with Crippen LogP contribution in [0.25, 0.3) is 10.8 Å². The van der Waals surface area contributed by atoms with Crippen molar-refractivity contribution in [3.05, 3.63) is 66.8 Å². The predicted octanol–water partition coefficient (Wildman–Crippen LogP) is 6.92.